The van der Waals surface area contributed by atoms with Gasteiger partial charge in [-0.15, -0.1) is 0 Å². The van der Waals surface area contributed by atoms with E-state index in [2.05, 4.69) is 35.0 Å². The number of amides is 1. The van der Waals surface area contributed by atoms with Gasteiger partial charge in [-0.3, -0.25) is 4.79 Å². The Hall–Kier alpha value is -1.85. The molecule has 0 aliphatic carbocycles. The number of hydrogen-bond acceptors (Lipinski definition) is 3. The molecule has 1 atom stereocenters. The monoisotopic (exact) mass is 329 g/mol. The van der Waals surface area contributed by atoms with Gasteiger partial charge in [-0.1, -0.05) is 11.6 Å². The van der Waals surface area contributed by atoms with Crippen LogP contribution in [0.2, 0.25) is 0 Å². The standard InChI is InChI=1S/C19H27N3O2/c1-14-4-5-18-17(10-14)16(11-20-18)12-21(2)19(23)15-6-7-22(13-15)8-9-24-3/h4-5,10-11,15,20H,6-9,12-13H2,1-3H3/t15-/m0/s1. The minimum Gasteiger partial charge on any atom is -0.383 e. The predicted molar refractivity (Wildman–Crippen MR) is 95.9 cm³/mol. The molecule has 0 radical (unpaired) electrons. The van der Waals surface area contributed by atoms with Crippen molar-refractivity contribution in [3.63, 3.8) is 0 Å². The van der Waals surface area contributed by atoms with E-state index < -0.39 is 0 Å². The van der Waals surface area contributed by atoms with Crippen LogP contribution in [0.1, 0.15) is 17.5 Å². The van der Waals surface area contributed by atoms with Gasteiger partial charge in [0.25, 0.3) is 0 Å². The first-order valence-corrected chi connectivity index (χ1v) is 8.61. The van der Waals surface area contributed by atoms with Gasteiger partial charge in [0, 0.05) is 50.9 Å². The number of carbonyl (C=O) groups excluding carboxylic acids is 1. The van der Waals surface area contributed by atoms with E-state index in [9.17, 15) is 4.79 Å². The number of carbonyl (C=O) groups is 1. The third-order valence-corrected chi connectivity index (χ3v) is 4.94. The minimum absolute atomic E-state index is 0.110. The highest BCUT2D eigenvalue weighted by Gasteiger charge is 2.30. The molecule has 3 rings (SSSR count). The third kappa shape index (κ3) is 3.62. The van der Waals surface area contributed by atoms with Crippen LogP contribution in [-0.2, 0) is 16.1 Å². The van der Waals surface area contributed by atoms with Crippen molar-refractivity contribution in [2.45, 2.75) is 19.9 Å². The van der Waals surface area contributed by atoms with Crippen molar-refractivity contribution in [1.82, 2.24) is 14.8 Å². The molecule has 1 saturated heterocycles. The van der Waals surface area contributed by atoms with E-state index in [1.807, 2.05) is 18.1 Å². The smallest absolute Gasteiger partial charge is 0.227 e. The van der Waals surface area contributed by atoms with Crippen LogP contribution in [0.5, 0.6) is 0 Å². The van der Waals surface area contributed by atoms with Gasteiger partial charge in [0.05, 0.1) is 12.5 Å². The second-order valence-electron chi connectivity index (χ2n) is 6.84. The van der Waals surface area contributed by atoms with Gasteiger partial charge in [0.1, 0.15) is 0 Å². The van der Waals surface area contributed by atoms with Crippen LogP contribution in [0.15, 0.2) is 24.4 Å². The Kier molecular flexibility index (Phi) is 5.21. The van der Waals surface area contributed by atoms with Crippen molar-refractivity contribution in [3.05, 3.63) is 35.5 Å². The van der Waals surface area contributed by atoms with Gasteiger partial charge < -0.3 is 19.5 Å². The van der Waals surface area contributed by atoms with E-state index in [0.717, 1.165) is 38.2 Å². The van der Waals surface area contributed by atoms with Crippen LogP contribution in [0, 0.1) is 12.8 Å². The topological polar surface area (TPSA) is 48.6 Å². The van der Waals surface area contributed by atoms with Crippen LogP contribution in [0.4, 0.5) is 0 Å². The van der Waals surface area contributed by atoms with Gasteiger partial charge in [-0.2, -0.15) is 0 Å². The fraction of sp³-hybridized carbons (Fsp3) is 0.526. The molecule has 1 aromatic heterocycles. The van der Waals surface area contributed by atoms with Gasteiger partial charge >= 0.3 is 0 Å². The summed E-state index contributed by atoms with van der Waals surface area (Å²) in [7, 11) is 3.63. The summed E-state index contributed by atoms with van der Waals surface area (Å²) in [4.78, 5) is 20.2. The number of aromatic nitrogens is 1. The van der Waals surface area contributed by atoms with Crippen LogP contribution < -0.4 is 0 Å². The summed E-state index contributed by atoms with van der Waals surface area (Å²) < 4.78 is 5.13. The van der Waals surface area contributed by atoms with Gasteiger partial charge in [-0.25, -0.2) is 0 Å². The molecular formula is C19H27N3O2. The first-order chi connectivity index (χ1) is 11.6. The number of likely N-dealkylation sites (tertiary alicyclic amines) is 1. The van der Waals surface area contributed by atoms with Crippen molar-refractivity contribution >= 4 is 16.8 Å². The number of hydrogen-bond donors (Lipinski definition) is 1. The average molecular weight is 329 g/mol. The molecule has 5 nitrogen and oxygen atoms in total. The molecule has 5 heteroatoms. The lowest BCUT2D eigenvalue weighted by Crippen LogP contribution is -2.34. The van der Waals surface area contributed by atoms with E-state index in [0.29, 0.717) is 6.54 Å². The van der Waals surface area contributed by atoms with Crippen LogP contribution >= 0.6 is 0 Å². The Morgan fingerprint density at radius 2 is 2.29 bits per heavy atom. The number of aryl methyl sites for hydroxylation is 1. The van der Waals surface area contributed by atoms with Crippen LogP contribution in [0.25, 0.3) is 10.9 Å². The number of nitrogens with one attached hydrogen (secondary N) is 1. The zero-order valence-electron chi connectivity index (χ0n) is 14.8. The molecule has 1 aromatic carbocycles. The van der Waals surface area contributed by atoms with Gasteiger partial charge in [0.15, 0.2) is 0 Å². The van der Waals surface area contributed by atoms with E-state index in [4.69, 9.17) is 4.74 Å². The molecule has 0 spiro atoms. The highest BCUT2D eigenvalue weighted by Crippen LogP contribution is 2.23. The summed E-state index contributed by atoms with van der Waals surface area (Å²) in [5.41, 5.74) is 3.55. The lowest BCUT2D eigenvalue weighted by atomic mass is 10.1. The Morgan fingerprint density at radius 1 is 1.46 bits per heavy atom. The summed E-state index contributed by atoms with van der Waals surface area (Å²) >= 11 is 0. The van der Waals surface area contributed by atoms with Crippen LogP contribution in [0.3, 0.4) is 0 Å². The molecule has 0 unspecified atom stereocenters. The average Bonchev–Trinajstić information content (AvgIpc) is 3.19. The number of H-pyrrole nitrogens is 1. The second-order valence-corrected chi connectivity index (χ2v) is 6.84. The van der Waals surface area contributed by atoms with Gasteiger partial charge in [0.2, 0.25) is 5.91 Å². The molecule has 2 heterocycles. The molecule has 1 aliphatic heterocycles. The Balaban J connectivity index is 1.63. The fourth-order valence-electron chi connectivity index (χ4n) is 3.53. The lowest BCUT2D eigenvalue weighted by molar-refractivity contribution is -0.134. The maximum atomic E-state index is 12.8. The van der Waals surface area contributed by atoms with Crippen LogP contribution in [-0.4, -0.2) is 61.1 Å². The minimum atomic E-state index is 0.110. The van der Waals surface area contributed by atoms with E-state index in [1.165, 1.54) is 16.5 Å². The molecule has 2 aromatic rings. The van der Waals surface area contributed by atoms with Crippen molar-refractivity contribution < 1.29 is 9.53 Å². The summed E-state index contributed by atoms with van der Waals surface area (Å²) in [6, 6.07) is 6.38. The van der Waals surface area contributed by atoms with Crippen molar-refractivity contribution in [2.24, 2.45) is 5.92 Å². The number of benzene rings is 1. The normalized spacial score (nSPS) is 18.4. The Labute approximate surface area is 143 Å². The number of nitrogens with zero attached hydrogens (tertiary/aromatic N) is 2. The molecule has 130 valence electrons. The zero-order valence-corrected chi connectivity index (χ0v) is 14.8. The molecule has 1 N–H and O–H groups in total. The number of methoxy groups -OCH3 is 1. The first kappa shape index (κ1) is 17.0. The first-order valence-electron chi connectivity index (χ1n) is 8.61. The summed E-state index contributed by atoms with van der Waals surface area (Å²) in [6.45, 7) is 6.21. The SMILES string of the molecule is COCCN1CC[C@H](C(=O)N(C)Cc2c[nH]c3ccc(C)cc23)C1. The molecule has 1 fully saturated rings. The van der Waals surface area contributed by atoms with Gasteiger partial charge in [-0.05, 0) is 37.6 Å². The van der Waals surface area contributed by atoms with E-state index in [-0.39, 0.29) is 11.8 Å². The van der Waals surface area contributed by atoms with Crippen molar-refractivity contribution in [1.29, 1.82) is 0 Å². The fourth-order valence-corrected chi connectivity index (χ4v) is 3.53. The molecule has 1 aliphatic rings. The highest BCUT2D eigenvalue weighted by atomic mass is 16.5. The maximum Gasteiger partial charge on any atom is 0.227 e. The summed E-state index contributed by atoms with van der Waals surface area (Å²) in [5.74, 6) is 0.357. The lowest BCUT2D eigenvalue weighted by Gasteiger charge is -2.21. The zero-order chi connectivity index (χ0) is 17.1. The summed E-state index contributed by atoms with van der Waals surface area (Å²) in [6.07, 6.45) is 2.97. The van der Waals surface area contributed by atoms with E-state index in [1.54, 1.807) is 7.11 Å². The molecular weight excluding hydrogens is 302 g/mol. The predicted octanol–water partition coefficient (Wildman–Crippen LogP) is 2.40. The van der Waals surface area contributed by atoms with Crippen molar-refractivity contribution in [3.8, 4) is 0 Å². The Bertz CT molecular complexity index is 710. The Morgan fingerprint density at radius 3 is 3.08 bits per heavy atom. The largest absolute Gasteiger partial charge is 0.383 e. The number of rotatable bonds is 6. The maximum absolute atomic E-state index is 12.8. The van der Waals surface area contributed by atoms with E-state index >= 15 is 0 Å². The third-order valence-electron chi connectivity index (χ3n) is 4.94. The number of aromatic amines is 1. The quantitative estimate of drug-likeness (QED) is 0.885. The molecule has 0 saturated carbocycles. The molecule has 24 heavy (non-hydrogen) atoms. The molecule has 0 bridgehead atoms. The highest BCUT2D eigenvalue weighted by molar-refractivity contribution is 5.85. The van der Waals surface area contributed by atoms with Crippen molar-refractivity contribution in [2.75, 3.05) is 40.4 Å². The summed E-state index contributed by atoms with van der Waals surface area (Å²) in [5, 5.41) is 1.21. The number of ether oxygens (including phenoxy) is 1. The second kappa shape index (κ2) is 7.36. The number of fused-ring (bicyclic) bond motifs is 1. The molecule has 1 amide bonds.